The molecule has 0 aliphatic carbocycles. The zero-order chi connectivity index (χ0) is 16.4. The van der Waals surface area contributed by atoms with E-state index in [1.54, 1.807) is 11.8 Å². The second-order valence-corrected chi connectivity index (χ2v) is 8.21. The number of ether oxygens (including phenoxy) is 1. The second-order valence-electron chi connectivity index (χ2n) is 6.31. The molecular weight excluding hydrogens is 376 g/mol. The first-order valence-electron chi connectivity index (χ1n) is 7.99. The third-order valence-electron chi connectivity index (χ3n) is 3.85. The molecule has 3 rings (SSSR count). The summed E-state index contributed by atoms with van der Waals surface area (Å²) < 4.78 is 8.41. The molecule has 0 unspecified atom stereocenters. The van der Waals surface area contributed by atoms with E-state index in [-0.39, 0.29) is 11.7 Å². The largest absolute Gasteiger partial charge is 0.377 e. The van der Waals surface area contributed by atoms with Crippen LogP contribution in [-0.4, -0.2) is 28.0 Å². The summed E-state index contributed by atoms with van der Waals surface area (Å²) in [5, 5.41) is 1.47. The molecule has 0 bridgehead atoms. The maximum absolute atomic E-state index is 12.9. The van der Waals surface area contributed by atoms with E-state index in [0.717, 1.165) is 40.3 Å². The number of thioether (sulfide) groups is 1. The lowest BCUT2D eigenvalue weighted by atomic mass is 10.2. The third-order valence-corrected chi connectivity index (χ3v) is 5.45. The number of aromatic nitrogens is 2. The topological polar surface area (TPSA) is 44.1 Å². The SMILES string of the molecule is CC(C)Cn1c(SC[C@@H]2CCCO2)nc2ccc(Br)cc2c1=O. The van der Waals surface area contributed by atoms with Crippen molar-refractivity contribution < 1.29 is 4.74 Å². The molecule has 0 N–H and O–H groups in total. The number of nitrogens with zero attached hydrogens (tertiary/aromatic N) is 2. The van der Waals surface area contributed by atoms with Gasteiger partial charge in [0.15, 0.2) is 5.16 Å². The first-order chi connectivity index (χ1) is 11.0. The van der Waals surface area contributed by atoms with E-state index < -0.39 is 0 Å². The van der Waals surface area contributed by atoms with Gasteiger partial charge in [-0.1, -0.05) is 41.5 Å². The van der Waals surface area contributed by atoms with Crippen molar-refractivity contribution in [2.45, 2.75) is 44.5 Å². The molecule has 1 fully saturated rings. The lowest BCUT2D eigenvalue weighted by Crippen LogP contribution is -2.26. The molecular formula is C17H21BrN2O2S. The number of hydrogen-bond acceptors (Lipinski definition) is 4. The van der Waals surface area contributed by atoms with Crippen molar-refractivity contribution in [2.75, 3.05) is 12.4 Å². The Labute approximate surface area is 148 Å². The second kappa shape index (κ2) is 7.36. The maximum atomic E-state index is 12.9. The van der Waals surface area contributed by atoms with Crippen LogP contribution in [0.3, 0.4) is 0 Å². The molecule has 23 heavy (non-hydrogen) atoms. The number of halogens is 1. The van der Waals surface area contributed by atoms with Gasteiger partial charge in [-0.3, -0.25) is 9.36 Å². The summed E-state index contributed by atoms with van der Waals surface area (Å²) in [5.74, 6) is 1.24. The molecule has 0 saturated carbocycles. The predicted molar refractivity (Wildman–Crippen MR) is 98.2 cm³/mol. The Bertz CT molecular complexity index is 754. The van der Waals surface area contributed by atoms with Crippen molar-refractivity contribution in [2.24, 2.45) is 5.92 Å². The van der Waals surface area contributed by atoms with Crippen LogP contribution >= 0.6 is 27.7 Å². The van der Waals surface area contributed by atoms with Gasteiger partial charge in [0, 0.05) is 23.4 Å². The van der Waals surface area contributed by atoms with Crippen LogP contribution in [0.5, 0.6) is 0 Å². The van der Waals surface area contributed by atoms with Gasteiger partial charge in [-0.2, -0.15) is 0 Å². The van der Waals surface area contributed by atoms with Gasteiger partial charge < -0.3 is 4.74 Å². The van der Waals surface area contributed by atoms with Gasteiger partial charge in [-0.25, -0.2) is 4.98 Å². The molecule has 1 saturated heterocycles. The average Bonchev–Trinajstić information content (AvgIpc) is 3.02. The standard InChI is InChI=1S/C17H21BrN2O2S/c1-11(2)9-20-16(21)14-8-12(18)5-6-15(14)19-17(20)23-10-13-4-3-7-22-13/h5-6,8,11,13H,3-4,7,9-10H2,1-2H3/t13-/m0/s1. The Morgan fingerprint density at radius 1 is 1.48 bits per heavy atom. The molecule has 6 heteroatoms. The lowest BCUT2D eigenvalue weighted by Gasteiger charge is -2.16. The highest BCUT2D eigenvalue weighted by Crippen LogP contribution is 2.24. The zero-order valence-electron chi connectivity index (χ0n) is 13.4. The summed E-state index contributed by atoms with van der Waals surface area (Å²) in [6, 6.07) is 5.68. The predicted octanol–water partition coefficient (Wildman–Crippen LogP) is 4.09. The van der Waals surface area contributed by atoms with Gasteiger partial charge in [-0.05, 0) is 37.0 Å². The molecule has 4 nitrogen and oxygen atoms in total. The molecule has 0 radical (unpaired) electrons. The van der Waals surface area contributed by atoms with E-state index in [9.17, 15) is 4.79 Å². The fourth-order valence-electron chi connectivity index (χ4n) is 2.75. The summed E-state index contributed by atoms with van der Waals surface area (Å²) in [6.45, 7) is 5.77. The highest BCUT2D eigenvalue weighted by Gasteiger charge is 2.18. The fourth-order valence-corrected chi connectivity index (χ4v) is 4.19. The van der Waals surface area contributed by atoms with Crippen molar-refractivity contribution in [3.8, 4) is 0 Å². The van der Waals surface area contributed by atoms with E-state index >= 15 is 0 Å². The lowest BCUT2D eigenvalue weighted by molar-refractivity contribution is 0.129. The van der Waals surface area contributed by atoms with Crippen LogP contribution in [0.25, 0.3) is 10.9 Å². The summed E-state index contributed by atoms with van der Waals surface area (Å²) >= 11 is 5.07. The molecule has 0 spiro atoms. The van der Waals surface area contributed by atoms with Gasteiger partial charge in [0.05, 0.1) is 17.0 Å². The zero-order valence-corrected chi connectivity index (χ0v) is 15.8. The number of benzene rings is 1. The monoisotopic (exact) mass is 396 g/mol. The van der Waals surface area contributed by atoms with Crippen LogP contribution in [-0.2, 0) is 11.3 Å². The van der Waals surface area contributed by atoms with Crippen LogP contribution in [0.4, 0.5) is 0 Å². The normalized spacial score (nSPS) is 18.2. The Morgan fingerprint density at radius 3 is 3.00 bits per heavy atom. The van der Waals surface area contributed by atoms with Crippen molar-refractivity contribution in [3.05, 3.63) is 33.0 Å². The van der Waals surface area contributed by atoms with E-state index in [0.29, 0.717) is 17.8 Å². The van der Waals surface area contributed by atoms with Crippen molar-refractivity contribution >= 4 is 38.6 Å². The van der Waals surface area contributed by atoms with Crippen LogP contribution in [0.15, 0.2) is 32.6 Å². The van der Waals surface area contributed by atoms with Crippen molar-refractivity contribution in [1.29, 1.82) is 0 Å². The summed E-state index contributed by atoms with van der Waals surface area (Å²) in [4.78, 5) is 17.6. The molecule has 2 aromatic rings. The Kier molecular flexibility index (Phi) is 5.44. The van der Waals surface area contributed by atoms with Crippen LogP contribution in [0.2, 0.25) is 0 Å². The molecule has 0 amide bonds. The minimum Gasteiger partial charge on any atom is -0.377 e. The summed E-state index contributed by atoms with van der Waals surface area (Å²) in [6.07, 6.45) is 2.51. The fraction of sp³-hybridized carbons (Fsp3) is 0.529. The quantitative estimate of drug-likeness (QED) is 0.563. The Hall–Kier alpha value is -0.850. The first kappa shape index (κ1) is 17.0. The van der Waals surface area contributed by atoms with Gasteiger partial charge >= 0.3 is 0 Å². The van der Waals surface area contributed by atoms with Gasteiger partial charge in [-0.15, -0.1) is 0 Å². The van der Waals surface area contributed by atoms with E-state index in [1.165, 1.54) is 0 Å². The molecule has 124 valence electrons. The van der Waals surface area contributed by atoms with E-state index in [4.69, 9.17) is 9.72 Å². The highest BCUT2D eigenvalue weighted by atomic mass is 79.9. The molecule has 1 aromatic heterocycles. The molecule has 1 aromatic carbocycles. The summed E-state index contributed by atoms with van der Waals surface area (Å²) in [5.41, 5.74) is 0.799. The van der Waals surface area contributed by atoms with Crippen molar-refractivity contribution in [3.63, 3.8) is 0 Å². The first-order valence-corrected chi connectivity index (χ1v) is 9.77. The minimum absolute atomic E-state index is 0.0415. The Morgan fingerprint density at radius 2 is 2.30 bits per heavy atom. The molecule has 2 heterocycles. The number of fused-ring (bicyclic) bond motifs is 1. The smallest absolute Gasteiger partial charge is 0.262 e. The maximum Gasteiger partial charge on any atom is 0.262 e. The highest BCUT2D eigenvalue weighted by molar-refractivity contribution is 9.10. The van der Waals surface area contributed by atoms with Crippen LogP contribution in [0.1, 0.15) is 26.7 Å². The average molecular weight is 397 g/mol. The minimum atomic E-state index is 0.0415. The van der Waals surface area contributed by atoms with E-state index in [2.05, 4.69) is 29.8 Å². The van der Waals surface area contributed by atoms with Gasteiger partial charge in [0.1, 0.15) is 0 Å². The van der Waals surface area contributed by atoms with Gasteiger partial charge in [0.2, 0.25) is 0 Å². The van der Waals surface area contributed by atoms with Crippen molar-refractivity contribution in [1.82, 2.24) is 9.55 Å². The summed E-state index contributed by atoms with van der Waals surface area (Å²) in [7, 11) is 0. The van der Waals surface area contributed by atoms with Crippen LogP contribution < -0.4 is 5.56 Å². The van der Waals surface area contributed by atoms with Crippen LogP contribution in [0, 0.1) is 5.92 Å². The molecule has 1 aliphatic heterocycles. The van der Waals surface area contributed by atoms with Gasteiger partial charge in [0.25, 0.3) is 5.56 Å². The Balaban J connectivity index is 1.99. The third kappa shape index (κ3) is 3.98. The van der Waals surface area contributed by atoms with E-state index in [1.807, 2.05) is 22.8 Å². The molecule has 1 atom stereocenters. The number of hydrogen-bond donors (Lipinski definition) is 0. The number of rotatable bonds is 5. The molecule has 1 aliphatic rings.